The van der Waals surface area contributed by atoms with Gasteiger partial charge in [0.1, 0.15) is 0 Å². The fraction of sp³-hybridized carbons (Fsp3) is 0.276. The molecule has 0 fully saturated rings. The Morgan fingerprint density at radius 3 is 2.48 bits per heavy atom. The minimum Gasteiger partial charge on any atom is -0.320 e. The second-order valence-corrected chi connectivity index (χ2v) is 11.5. The first kappa shape index (κ1) is 29.0. The van der Waals surface area contributed by atoms with Crippen molar-refractivity contribution in [1.29, 1.82) is 0 Å². The van der Waals surface area contributed by atoms with E-state index in [4.69, 9.17) is 0 Å². The van der Waals surface area contributed by atoms with Crippen LogP contribution in [0.15, 0.2) is 67.0 Å². The maximum absolute atomic E-state index is 13.3. The topological polar surface area (TPSA) is 88.1 Å². The van der Waals surface area contributed by atoms with Crippen molar-refractivity contribution >= 4 is 45.8 Å². The average Bonchev–Trinajstić information content (AvgIpc) is 3.52. The van der Waals surface area contributed by atoms with Crippen molar-refractivity contribution in [3.63, 3.8) is 0 Å². The molecule has 4 rings (SSSR count). The standard InChI is InChI=1S/C29H30F3N5O2S/c1-16(30)26(38)34-19-7-6-8-20(14-19)37-22-10-9-18(15-33-17(2)29(3,4)5)13-21(22)35-28(37)36-27(39)24-12-11-23(40-24)25(31)32/h6-14,17,25,33H,1,15H2,2-5H3,(H,34,38)(H,35,36,39)/t17-/m0/s1. The van der Waals surface area contributed by atoms with Crippen LogP contribution in [-0.2, 0) is 11.3 Å². The highest BCUT2D eigenvalue weighted by Gasteiger charge is 2.21. The molecule has 1 atom stereocenters. The molecule has 2 aromatic carbocycles. The van der Waals surface area contributed by atoms with Gasteiger partial charge in [0.05, 0.1) is 26.5 Å². The van der Waals surface area contributed by atoms with Crippen LogP contribution in [0.3, 0.4) is 0 Å². The smallest absolute Gasteiger partial charge is 0.283 e. The summed E-state index contributed by atoms with van der Waals surface area (Å²) in [6, 6.07) is 15.1. The molecule has 0 aliphatic carbocycles. The summed E-state index contributed by atoms with van der Waals surface area (Å²) < 4.78 is 41.1. The lowest BCUT2D eigenvalue weighted by Crippen LogP contribution is -2.37. The van der Waals surface area contributed by atoms with Crippen molar-refractivity contribution in [2.45, 2.75) is 46.7 Å². The molecule has 0 aliphatic rings. The highest BCUT2D eigenvalue weighted by Crippen LogP contribution is 2.30. The summed E-state index contributed by atoms with van der Waals surface area (Å²) in [5.41, 5.74) is 3.12. The molecular weight excluding hydrogens is 539 g/mol. The number of thiophene rings is 1. The number of fused-ring (bicyclic) bond motifs is 1. The lowest BCUT2D eigenvalue weighted by molar-refractivity contribution is -0.114. The van der Waals surface area contributed by atoms with Crippen molar-refractivity contribution < 1.29 is 22.8 Å². The molecule has 2 heterocycles. The normalized spacial score (nSPS) is 12.5. The van der Waals surface area contributed by atoms with Crippen LogP contribution in [0.2, 0.25) is 0 Å². The molecule has 11 heteroatoms. The molecule has 0 unspecified atom stereocenters. The molecule has 0 aliphatic heterocycles. The number of alkyl halides is 2. The molecule has 0 spiro atoms. The third-order valence-electron chi connectivity index (χ3n) is 6.53. The van der Waals surface area contributed by atoms with Gasteiger partial charge in [-0.2, -0.15) is 0 Å². The maximum Gasteiger partial charge on any atom is 0.283 e. The van der Waals surface area contributed by atoms with Gasteiger partial charge in [0.15, 0.2) is 5.83 Å². The van der Waals surface area contributed by atoms with Gasteiger partial charge in [-0.3, -0.25) is 19.5 Å². The number of rotatable bonds is 9. The predicted octanol–water partition coefficient (Wildman–Crippen LogP) is 7.22. The van der Waals surface area contributed by atoms with Gasteiger partial charge in [-0.05, 0) is 60.4 Å². The lowest BCUT2D eigenvalue weighted by atomic mass is 9.88. The number of halogens is 3. The van der Waals surface area contributed by atoms with Crippen LogP contribution in [0, 0.1) is 5.41 Å². The van der Waals surface area contributed by atoms with Gasteiger partial charge in [-0.25, -0.2) is 18.2 Å². The zero-order valence-corrected chi connectivity index (χ0v) is 23.3. The molecule has 0 saturated carbocycles. The Bertz CT molecular complexity index is 1570. The van der Waals surface area contributed by atoms with Crippen LogP contribution < -0.4 is 16.0 Å². The first-order valence-electron chi connectivity index (χ1n) is 12.5. The van der Waals surface area contributed by atoms with E-state index in [0.29, 0.717) is 40.3 Å². The number of aromatic nitrogens is 2. The van der Waals surface area contributed by atoms with E-state index in [2.05, 4.69) is 55.2 Å². The van der Waals surface area contributed by atoms with E-state index in [1.165, 1.54) is 12.1 Å². The second kappa shape index (κ2) is 11.6. The largest absolute Gasteiger partial charge is 0.320 e. The minimum absolute atomic E-state index is 0.0735. The third-order valence-corrected chi connectivity index (χ3v) is 7.62. The molecule has 0 radical (unpaired) electrons. The summed E-state index contributed by atoms with van der Waals surface area (Å²) in [5.74, 6) is -2.55. The van der Waals surface area contributed by atoms with Gasteiger partial charge in [-0.1, -0.05) is 39.5 Å². The molecule has 0 bridgehead atoms. The first-order chi connectivity index (χ1) is 18.8. The Kier molecular flexibility index (Phi) is 8.45. The van der Waals surface area contributed by atoms with E-state index in [1.54, 1.807) is 28.8 Å². The number of amides is 2. The van der Waals surface area contributed by atoms with Gasteiger partial charge < -0.3 is 10.6 Å². The fourth-order valence-electron chi connectivity index (χ4n) is 3.84. The van der Waals surface area contributed by atoms with Crippen molar-refractivity contribution in [2.24, 2.45) is 5.41 Å². The van der Waals surface area contributed by atoms with Crippen LogP contribution in [0.5, 0.6) is 0 Å². The van der Waals surface area contributed by atoms with Crippen LogP contribution in [-0.4, -0.2) is 27.4 Å². The number of hydrogen-bond donors (Lipinski definition) is 3. The maximum atomic E-state index is 13.3. The van der Waals surface area contributed by atoms with Gasteiger partial charge in [-0.15, -0.1) is 11.3 Å². The summed E-state index contributed by atoms with van der Waals surface area (Å²) >= 11 is 0.704. The van der Waals surface area contributed by atoms with E-state index in [-0.39, 0.29) is 27.2 Å². The Morgan fingerprint density at radius 1 is 1.07 bits per heavy atom. The summed E-state index contributed by atoms with van der Waals surface area (Å²) in [5, 5.41) is 8.68. The first-order valence-corrected chi connectivity index (χ1v) is 13.4. The van der Waals surface area contributed by atoms with Crippen molar-refractivity contribution in [2.75, 3.05) is 10.6 Å². The number of nitrogens with zero attached hydrogens (tertiary/aromatic N) is 2. The Labute approximate surface area is 234 Å². The molecule has 2 aromatic heterocycles. The van der Waals surface area contributed by atoms with Gasteiger partial charge >= 0.3 is 0 Å². The second-order valence-electron chi connectivity index (χ2n) is 10.4. The molecule has 3 N–H and O–H groups in total. The average molecular weight is 570 g/mol. The van der Waals surface area contributed by atoms with Gasteiger partial charge in [0.2, 0.25) is 5.95 Å². The lowest BCUT2D eigenvalue weighted by Gasteiger charge is -2.28. The quantitative estimate of drug-likeness (QED) is 0.186. The number of benzene rings is 2. The van der Waals surface area contributed by atoms with E-state index in [1.807, 2.05) is 18.2 Å². The summed E-state index contributed by atoms with van der Waals surface area (Å²) in [6.07, 6.45) is -2.68. The van der Waals surface area contributed by atoms with Gasteiger partial charge in [0, 0.05) is 18.3 Å². The van der Waals surface area contributed by atoms with E-state index in [9.17, 15) is 22.8 Å². The van der Waals surface area contributed by atoms with Crippen LogP contribution in [0.25, 0.3) is 16.7 Å². The number of nitrogens with one attached hydrogen (secondary N) is 3. The number of hydrogen-bond acceptors (Lipinski definition) is 5. The van der Waals surface area contributed by atoms with E-state index >= 15 is 0 Å². The SMILES string of the molecule is C=C(F)C(=O)Nc1cccc(-n2c(NC(=O)c3ccc(C(F)F)s3)nc3cc(CN[C@@H](C)C(C)(C)C)ccc32)c1. The summed E-state index contributed by atoms with van der Waals surface area (Å²) in [6.45, 7) is 12.2. The predicted molar refractivity (Wildman–Crippen MR) is 153 cm³/mol. The monoisotopic (exact) mass is 569 g/mol. The van der Waals surface area contributed by atoms with Gasteiger partial charge in [0.25, 0.3) is 18.2 Å². The number of carbonyl (C=O) groups excluding carboxylic acids is 2. The number of carbonyl (C=O) groups is 2. The molecule has 4 aromatic rings. The summed E-state index contributed by atoms with van der Waals surface area (Å²) in [7, 11) is 0. The van der Waals surface area contributed by atoms with Crippen LogP contribution >= 0.6 is 11.3 Å². The van der Waals surface area contributed by atoms with Crippen molar-refractivity contribution in [3.05, 3.63) is 82.3 Å². The molecule has 210 valence electrons. The van der Waals surface area contributed by atoms with Crippen molar-refractivity contribution in [1.82, 2.24) is 14.9 Å². The molecule has 7 nitrogen and oxygen atoms in total. The zero-order valence-electron chi connectivity index (χ0n) is 22.5. The summed E-state index contributed by atoms with van der Waals surface area (Å²) in [4.78, 5) is 29.4. The van der Waals surface area contributed by atoms with Crippen LogP contribution in [0.1, 0.15) is 54.2 Å². The fourth-order valence-corrected chi connectivity index (χ4v) is 4.59. The Morgan fingerprint density at radius 2 is 1.82 bits per heavy atom. The molecular formula is C29H30F3N5O2S. The number of imidazole rings is 1. The zero-order chi connectivity index (χ0) is 29.2. The molecule has 2 amide bonds. The molecule has 0 saturated heterocycles. The van der Waals surface area contributed by atoms with Crippen LogP contribution in [0.4, 0.5) is 24.8 Å². The minimum atomic E-state index is -2.68. The van der Waals surface area contributed by atoms with E-state index < -0.39 is 24.1 Å². The van der Waals surface area contributed by atoms with Crippen molar-refractivity contribution in [3.8, 4) is 5.69 Å². The van der Waals surface area contributed by atoms with E-state index in [0.717, 1.165) is 5.56 Å². The Balaban J connectivity index is 1.73. The molecule has 40 heavy (non-hydrogen) atoms. The Hall–Kier alpha value is -3.96. The highest BCUT2D eigenvalue weighted by molar-refractivity contribution is 7.14. The number of anilines is 2. The third kappa shape index (κ3) is 6.60. The highest BCUT2D eigenvalue weighted by atomic mass is 32.1.